The Morgan fingerprint density at radius 3 is 2.88 bits per heavy atom. The Bertz CT molecular complexity index is 1170. The molecule has 0 atom stereocenters. The van der Waals surface area contributed by atoms with Crippen molar-refractivity contribution in [3.05, 3.63) is 73.2 Å². The van der Waals surface area contributed by atoms with Gasteiger partial charge in [0.25, 0.3) is 5.56 Å². The van der Waals surface area contributed by atoms with Crippen LogP contribution in [0.15, 0.2) is 50.6 Å². The van der Waals surface area contributed by atoms with Gasteiger partial charge in [-0.15, -0.1) is 0 Å². The first-order chi connectivity index (χ1) is 12.5. The molecule has 2 aromatic heterocycles. The predicted octanol–water partition coefficient (Wildman–Crippen LogP) is 1.90. The zero-order chi connectivity index (χ0) is 18.3. The molecule has 0 unspecified atom stereocenters. The third kappa shape index (κ3) is 3.01. The molecule has 1 aliphatic heterocycles. The van der Waals surface area contributed by atoms with E-state index < -0.39 is 0 Å². The Morgan fingerprint density at radius 2 is 2.15 bits per heavy atom. The van der Waals surface area contributed by atoms with Gasteiger partial charge in [0.1, 0.15) is 24.9 Å². The SMILES string of the molecule is CC(=O)c1cccc(N2CN=c3s/c(=C\c4ccc(C)o4)c(=O)n3C2)c1. The highest BCUT2D eigenvalue weighted by Gasteiger charge is 2.16. The number of carbonyl (C=O) groups excluding carboxylic acids is 1. The molecule has 3 aromatic rings. The minimum absolute atomic E-state index is 0.0137. The Labute approximate surface area is 153 Å². The van der Waals surface area contributed by atoms with Crippen LogP contribution in [0, 0.1) is 6.92 Å². The number of hydrogen-bond acceptors (Lipinski definition) is 6. The van der Waals surface area contributed by atoms with Gasteiger partial charge in [0, 0.05) is 17.3 Å². The summed E-state index contributed by atoms with van der Waals surface area (Å²) in [5.41, 5.74) is 1.43. The largest absolute Gasteiger partial charge is 0.462 e. The molecule has 0 bridgehead atoms. The van der Waals surface area contributed by atoms with Crippen molar-refractivity contribution in [3.8, 4) is 0 Å². The van der Waals surface area contributed by atoms with E-state index in [9.17, 15) is 9.59 Å². The Morgan fingerprint density at radius 1 is 1.31 bits per heavy atom. The van der Waals surface area contributed by atoms with Gasteiger partial charge in [-0.1, -0.05) is 23.5 Å². The molecule has 0 fully saturated rings. The minimum Gasteiger partial charge on any atom is -0.462 e. The lowest BCUT2D eigenvalue weighted by Crippen LogP contribution is -2.42. The van der Waals surface area contributed by atoms with Gasteiger partial charge in [-0.2, -0.15) is 0 Å². The average Bonchev–Trinajstić information content (AvgIpc) is 3.18. The zero-order valence-corrected chi connectivity index (χ0v) is 15.2. The summed E-state index contributed by atoms with van der Waals surface area (Å²) < 4.78 is 7.77. The molecular formula is C19H17N3O3S. The highest BCUT2D eigenvalue weighted by molar-refractivity contribution is 7.07. The van der Waals surface area contributed by atoms with Gasteiger partial charge in [-0.3, -0.25) is 14.2 Å². The molecule has 0 aliphatic carbocycles. The van der Waals surface area contributed by atoms with Crippen LogP contribution >= 0.6 is 11.3 Å². The summed E-state index contributed by atoms with van der Waals surface area (Å²) in [4.78, 5) is 31.5. The van der Waals surface area contributed by atoms with Crippen molar-refractivity contribution in [2.75, 3.05) is 11.6 Å². The van der Waals surface area contributed by atoms with Crippen LogP contribution in [-0.2, 0) is 6.67 Å². The lowest BCUT2D eigenvalue weighted by molar-refractivity contribution is 0.101. The first kappa shape index (κ1) is 16.5. The zero-order valence-electron chi connectivity index (χ0n) is 14.4. The molecule has 6 nitrogen and oxygen atoms in total. The molecule has 0 radical (unpaired) electrons. The van der Waals surface area contributed by atoms with E-state index >= 15 is 0 Å². The lowest BCUT2D eigenvalue weighted by Gasteiger charge is -2.25. The highest BCUT2D eigenvalue weighted by atomic mass is 32.1. The van der Waals surface area contributed by atoms with Crippen LogP contribution in [0.2, 0.25) is 0 Å². The standard InChI is InChI=1S/C19H17N3O3S/c1-12-6-7-16(25-12)9-17-18(24)22-11-21(10-20-19(22)26-17)15-5-3-4-14(8-15)13(2)23/h3-9H,10-11H2,1-2H3/b17-9-. The summed E-state index contributed by atoms with van der Waals surface area (Å²) in [7, 11) is 0. The van der Waals surface area contributed by atoms with Crippen molar-refractivity contribution in [2.24, 2.45) is 4.99 Å². The number of benzene rings is 1. The number of thiazole rings is 1. The number of ketones is 1. The normalized spacial score (nSPS) is 14.2. The second kappa shape index (κ2) is 6.42. The first-order valence-corrected chi connectivity index (χ1v) is 9.01. The van der Waals surface area contributed by atoms with Crippen LogP contribution in [0.25, 0.3) is 6.08 Å². The summed E-state index contributed by atoms with van der Waals surface area (Å²) in [6.45, 7) is 4.26. The Kier molecular flexibility index (Phi) is 4.08. The van der Waals surface area contributed by atoms with Crippen molar-refractivity contribution in [2.45, 2.75) is 20.5 Å². The second-order valence-electron chi connectivity index (χ2n) is 6.16. The van der Waals surface area contributed by atoms with Crippen LogP contribution in [0.5, 0.6) is 0 Å². The van der Waals surface area contributed by atoms with Crippen LogP contribution in [0.4, 0.5) is 5.69 Å². The number of Topliss-reactive ketones (excluding diaryl/α,β-unsaturated/α-hetero) is 1. The smallest absolute Gasteiger partial charge is 0.271 e. The maximum Gasteiger partial charge on any atom is 0.271 e. The highest BCUT2D eigenvalue weighted by Crippen LogP contribution is 2.18. The number of fused-ring (bicyclic) bond motifs is 1. The van der Waals surface area contributed by atoms with E-state index in [2.05, 4.69) is 4.99 Å². The summed E-state index contributed by atoms with van der Waals surface area (Å²) in [6.07, 6.45) is 1.75. The lowest BCUT2D eigenvalue weighted by atomic mass is 10.1. The van der Waals surface area contributed by atoms with Crippen molar-refractivity contribution in [1.82, 2.24) is 4.57 Å². The molecule has 0 amide bonds. The molecule has 4 rings (SSSR count). The van der Waals surface area contributed by atoms with Gasteiger partial charge in [0.05, 0.1) is 4.53 Å². The summed E-state index contributed by atoms with van der Waals surface area (Å²) in [6, 6.07) is 11.1. The maximum absolute atomic E-state index is 12.7. The molecule has 0 saturated carbocycles. The minimum atomic E-state index is -0.0878. The molecule has 1 aromatic carbocycles. The number of anilines is 1. The second-order valence-corrected chi connectivity index (χ2v) is 7.17. The fourth-order valence-corrected chi connectivity index (χ4v) is 3.80. The Balaban J connectivity index is 1.70. The van der Waals surface area contributed by atoms with Crippen LogP contribution in [0.1, 0.15) is 28.8 Å². The summed E-state index contributed by atoms with van der Waals surface area (Å²) in [5.74, 6) is 1.48. The van der Waals surface area contributed by atoms with Gasteiger partial charge in [-0.05, 0) is 38.1 Å². The molecule has 3 heterocycles. The van der Waals surface area contributed by atoms with Crippen LogP contribution < -0.4 is 19.8 Å². The van der Waals surface area contributed by atoms with E-state index in [0.717, 1.165) is 11.4 Å². The molecule has 0 saturated heterocycles. The molecule has 26 heavy (non-hydrogen) atoms. The van der Waals surface area contributed by atoms with E-state index in [1.54, 1.807) is 23.6 Å². The van der Waals surface area contributed by atoms with Gasteiger partial charge >= 0.3 is 0 Å². The quantitative estimate of drug-likeness (QED) is 0.663. The van der Waals surface area contributed by atoms with E-state index in [1.165, 1.54) is 11.3 Å². The monoisotopic (exact) mass is 367 g/mol. The van der Waals surface area contributed by atoms with E-state index in [4.69, 9.17) is 4.42 Å². The van der Waals surface area contributed by atoms with Crippen molar-refractivity contribution >= 4 is 28.9 Å². The molecule has 7 heteroatoms. The van der Waals surface area contributed by atoms with Crippen molar-refractivity contribution in [1.29, 1.82) is 0 Å². The molecule has 0 N–H and O–H groups in total. The third-order valence-electron chi connectivity index (χ3n) is 4.23. The van der Waals surface area contributed by atoms with Crippen LogP contribution in [0.3, 0.4) is 0 Å². The predicted molar refractivity (Wildman–Crippen MR) is 100 cm³/mol. The first-order valence-electron chi connectivity index (χ1n) is 8.19. The number of aromatic nitrogens is 1. The number of aryl methyl sites for hydroxylation is 1. The molecule has 1 aliphatic rings. The maximum atomic E-state index is 12.7. The fraction of sp³-hybridized carbons (Fsp3) is 0.211. The topological polar surface area (TPSA) is 67.8 Å². The summed E-state index contributed by atoms with van der Waals surface area (Å²) in [5, 5.41) is 0. The Hall–Kier alpha value is -2.93. The molecule has 0 spiro atoms. The van der Waals surface area contributed by atoms with Crippen molar-refractivity contribution in [3.63, 3.8) is 0 Å². The van der Waals surface area contributed by atoms with Gasteiger partial charge in [-0.25, -0.2) is 4.99 Å². The number of carbonyl (C=O) groups is 1. The number of furan rings is 1. The number of rotatable bonds is 3. The van der Waals surface area contributed by atoms with Gasteiger partial charge in [0.15, 0.2) is 10.6 Å². The van der Waals surface area contributed by atoms with Gasteiger partial charge in [0.2, 0.25) is 0 Å². The van der Waals surface area contributed by atoms with Crippen LogP contribution in [-0.4, -0.2) is 17.0 Å². The summed E-state index contributed by atoms with van der Waals surface area (Å²) >= 11 is 1.36. The molecular weight excluding hydrogens is 350 g/mol. The van der Waals surface area contributed by atoms with E-state index in [1.807, 2.05) is 42.2 Å². The molecule has 132 valence electrons. The van der Waals surface area contributed by atoms with E-state index in [0.29, 0.717) is 34.0 Å². The fourth-order valence-electron chi connectivity index (χ4n) is 2.86. The number of nitrogens with zero attached hydrogens (tertiary/aromatic N) is 3. The number of hydrogen-bond donors (Lipinski definition) is 0. The third-order valence-corrected chi connectivity index (χ3v) is 5.27. The van der Waals surface area contributed by atoms with Gasteiger partial charge < -0.3 is 9.32 Å². The average molecular weight is 367 g/mol. The van der Waals surface area contributed by atoms with Crippen molar-refractivity contribution < 1.29 is 9.21 Å². The van der Waals surface area contributed by atoms with E-state index in [-0.39, 0.29) is 11.3 Å².